The van der Waals surface area contributed by atoms with Gasteiger partial charge in [0.05, 0.1) is 18.1 Å². The topological polar surface area (TPSA) is 210 Å². The number of benzene rings is 1. The van der Waals surface area contributed by atoms with Gasteiger partial charge in [-0.2, -0.15) is 4.98 Å². The predicted molar refractivity (Wildman–Crippen MR) is 157 cm³/mol. The van der Waals surface area contributed by atoms with Crippen LogP contribution in [0.4, 0.5) is 23.1 Å². The standard InChI is InChI=1S/C26H34BrN9O6/c1-26(2,23(28)40)24(41)30-11-5-10-29-21-17(27)13-31-25(35-21)33-16-7-4-6-15(12-16)32-19(37)8-9-20(38)34-18-14-36(42-3)22(18)39/h4,6-7,12-13,18H,5,8-11,14H2,1-3H3,(H2,28,40)(H,30,41)(H,32,37)(H,34,38)(H2,29,31,33,35)/t18-/m0/s1. The number of hydrogen-bond donors (Lipinski definition) is 6. The Balaban J connectivity index is 1.45. The van der Waals surface area contributed by atoms with Crippen LogP contribution in [0.3, 0.4) is 0 Å². The summed E-state index contributed by atoms with van der Waals surface area (Å²) in [5.41, 5.74) is 5.10. The number of nitrogens with zero attached hydrogens (tertiary/aromatic N) is 3. The predicted octanol–water partition coefficient (Wildman–Crippen LogP) is 1.02. The molecule has 5 amide bonds. The second-order valence-electron chi connectivity index (χ2n) is 9.87. The summed E-state index contributed by atoms with van der Waals surface area (Å²) in [6.45, 7) is 4.03. The number of nitrogens with two attached hydrogens (primary N) is 1. The van der Waals surface area contributed by atoms with E-state index in [0.717, 1.165) is 5.06 Å². The Labute approximate surface area is 250 Å². The Morgan fingerprint density at radius 1 is 1.14 bits per heavy atom. The fourth-order valence-corrected chi connectivity index (χ4v) is 3.90. The van der Waals surface area contributed by atoms with Crippen molar-refractivity contribution >= 4 is 68.6 Å². The highest BCUT2D eigenvalue weighted by atomic mass is 79.9. The Morgan fingerprint density at radius 2 is 1.86 bits per heavy atom. The highest BCUT2D eigenvalue weighted by molar-refractivity contribution is 9.10. The molecule has 0 saturated carbocycles. The molecule has 0 unspecified atom stereocenters. The minimum absolute atomic E-state index is 0.0597. The normalized spacial score (nSPS) is 14.4. The first-order chi connectivity index (χ1) is 19.9. The number of hydrogen-bond acceptors (Lipinski definition) is 10. The van der Waals surface area contributed by atoms with Gasteiger partial charge in [0.1, 0.15) is 17.3 Å². The van der Waals surface area contributed by atoms with E-state index in [9.17, 15) is 24.0 Å². The smallest absolute Gasteiger partial charge is 0.270 e. The number of aromatic nitrogens is 2. The maximum absolute atomic E-state index is 12.4. The molecule has 42 heavy (non-hydrogen) atoms. The summed E-state index contributed by atoms with van der Waals surface area (Å²) in [6.07, 6.45) is 2.01. The van der Waals surface area contributed by atoms with Crippen LogP contribution in [0.5, 0.6) is 0 Å². The molecule has 0 spiro atoms. The van der Waals surface area contributed by atoms with Gasteiger partial charge >= 0.3 is 0 Å². The van der Waals surface area contributed by atoms with Gasteiger partial charge in [0.2, 0.25) is 29.6 Å². The van der Waals surface area contributed by atoms with Crippen molar-refractivity contribution in [2.45, 2.75) is 39.2 Å². The largest absolute Gasteiger partial charge is 0.369 e. The summed E-state index contributed by atoms with van der Waals surface area (Å²) in [4.78, 5) is 73.2. The van der Waals surface area contributed by atoms with Crippen molar-refractivity contribution in [1.82, 2.24) is 25.7 Å². The molecule has 16 heteroatoms. The molecular formula is C26H34BrN9O6. The fraction of sp³-hybridized carbons (Fsp3) is 0.423. The highest BCUT2D eigenvalue weighted by Crippen LogP contribution is 2.23. The molecule has 2 heterocycles. The van der Waals surface area contributed by atoms with E-state index in [2.05, 4.69) is 52.5 Å². The van der Waals surface area contributed by atoms with Gasteiger partial charge in [0, 0.05) is 43.5 Å². The van der Waals surface area contributed by atoms with Gasteiger partial charge in [-0.15, -0.1) is 0 Å². The average molecular weight is 649 g/mol. The molecule has 15 nitrogen and oxygen atoms in total. The minimum atomic E-state index is -1.29. The molecule has 7 N–H and O–H groups in total. The van der Waals surface area contributed by atoms with Gasteiger partial charge in [0.15, 0.2) is 0 Å². The second kappa shape index (κ2) is 14.5. The van der Waals surface area contributed by atoms with Crippen LogP contribution in [-0.4, -0.2) is 77.4 Å². The monoisotopic (exact) mass is 647 g/mol. The number of β-lactam (4-membered cyclic amide) rings is 1. The summed E-state index contributed by atoms with van der Waals surface area (Å²) in [6, 6.07) is 6.28. The molecule has 2 aromatic rings. The lowest BCUT2D eigenvalue weighted by Gasteiger charge is -2.35. The van der Waals surface area contributed by atoms with Crippen LogP contribution in [0.1, 0.15) is 33.1 Å². The van der Waals surface area contributed by atoms with Crippen molar-refractivity contribution in [1.29, 1.82) is 0 Å². The first kappa shape index (κ1) is 32.2. The lowest BCUT2D eigenvalue weighted by molar-refractivity contribution is -0.203. The number of carbonyl (C=O) groups excluding carboxylic acids is 5. The number of nitrogens with one attached hydrogen (secondary N) is 5. The molecule has 3 rings (SSSR count). The molecule has 0 bridgehead atoms. The highest BCUT2D eigenvalue weighted by Gasteiger charge is 2.38. The first-order valence-electron chi connectivity index (χ1n) is 13.1. The van der Waals surface area contributed by atoms with Crippen molar-refractivity contribution in [2.75, 3.05) is 42.7 Å². The SMILES string of the molecule is CON1C[C@H](NC(=O)CCC(=O)Nc2cccc(Nc3ncc(Br)c(NCCCNC(=O)C(C)(C)C(N)=O)n3)c2)C1=O. The lowest BCUT2D eigenvalue weighted by Crippen LogP contribution is -2.63. The molecule has 1 fully saturated rings. The number of amides is 5. The second-order valence-corrected chi connectivity index (χ2v) is 10.7. The Morgan fingerprint density at radius 3 is 2.55 bits per heavy atom. The van der Waals surface area contributed by atoms with Crippen molar-refractivity contribution in [3.05, 3.63) is 34.9 Å². The van der Waals surface area contributed by atoms with Gasteiger partial charge in [-0.25, -0.2) is 10.0 Å². The summed E-state index contributed by atoms with van der Waals surface area (Å²) in [7, 11) is 1.37. The van der Waals surface area contributed by atoms with E-state index in [4.69, 9.17) is 10.6 Å². The first-order valence-corrected chi connectivity index (χ1v) is 13.9. The van der Waals surface area contributed by atoms with Gasteiger partial charge in [-0.05, 0) is 54.4 Å². The van der Waals surface area contributed by atoms with Gasteiger partial charge in [-0.3, -0.25) is 28.8 Å². The molecule has 1 aromatic carbocycles. The molecule has 0 aliphatic carbocycles. The quantitative estimate of drug-likeness (QED) is 0.0918. The zero-order chi connectivity index (χ0) is 30.9. The molecular weight excluding hydrogens is 614 g/mol. The van der Waals surface area contributed by atoms with Gasteiger partial charge < -0.3 is 32.3 Å². The van der Waals surface area contributed by atoms with Crippen molar-refractivity contribution < 1.29 is 28.8 Å². The molecule has 1 aliphatic rings. The van der Waals surface area contributed by atoms with Crippen LogP contribution < -0.4 is 32.3 Å². The summed E-state index contributed by atoms with van der Waals surface area (Å²) in [5.74, 6) is -1.39. The Bertz CT molecular complexity index is 1340. The van der Waals surface area contributed by atoms with Crippen molar-refractivity contribution in [3.8, 4) is 0 Å². The molecule has 1 aromatic heterocycles. The van der Waals surface area contributed by atoms with Crippen molar-refractivity contribution in [3.63, 3.8) is 0 Å². The zero-order valence-electron chi connectivity index (χ0n) is 23.5. The maximum Gasteiger partial charge on any atom is 0.270 e. The van der Waals surface area contributed by atoms with E-state index in [1.165, 1.54) is 21.0 Å². The summed E-state index contributed by atoms with van der Waals surface area (Å²) in [5, 5.41) is 15.4. The van der Waals surface area contributed by atoms with E-state index in [1.807, 2.05) is 0 Å². The van der Waals surface area contributed by atoms with E-state index in [-0.39, 0.29) is 31.2 Å². The van der Waals surface area contributed by atoms with Crippen LogP contribution in [0.25, 0.3) is 0 Å². The molecule has 1 saturated heterocycles. The van der Waals surface area contributed by atoms with Gasteiger partial charge in [-0.1, -0.05) is 6.07 Å². The fourth-order valence-electron chi connectivity index (χ4n) is 3.57. The van der Waals surface area contributed by atoms with Crippen LogP contribution in [0.15, 0.2) is 34.9 Å². The van der Waals surface area contributed by atoms with Crippen LogP contribution in [0, 0.1) is 5.41 Å². The lowest BCUT2D eigenvalue weighted by atomic mass is 9.91. The molecule has 226 valence electrons. The Kier molecular flexibility index (Phi) is 11.2. The zero-order valence-corrected chi connectivity index (χ0v) is 25.0. The maximum atomic E-state index is 12.4. The molecule has 1 atom stereocenters. The summed E-state index contributed by atoms with van der Waals surface area (Å²) < 4.78 is 0.634. The Hall–Kier alpha value is -4.31. The third-order valence-electron chi connectivity index (χ3n) is 6.29. The number of rotatable bonds is 15. The third kappa shape index (κ3) is 8.84. The van der Waals surface area contributed by atoms with E-state index in [1.54, 1.807) is 30.5 Å². The number of anilines is 4. The van der Waals surface area contributed by atoms with Crippen LogP contribution >= 0.6 is 15.9 Å². The molecule has 0 radical (unpaired) electrons. The average Bonchev–Trinajstić information content (AvgIpc) is 2.95. The van der Waals surface area contributed by atoms with Gasteiger partial charge in [0.25, 0.3) is 5.91 Å². The minimum Gasteiger partial charge on any atom is -0.369 e. The summed E-state index contributed by atoms with van der Waals surface area (Å²) >= 11 is 3.41. The van der Waals surface area contributed by atoms with E-state index >= 15 is 0 Å². The van der Waals surface area contributed by atoms with Crippen molar-refractivity contribution in [2.24, 2.45) is 11.1 Å². The van der Waals surface area contributed by atoms with Crippen LogP contribution in [0.2, 0.25) is 0 Å². The number of hydroxylamine groups is 2. The third-order valence-corrected chi connectivity index (χ3v) is 6.87. The van der Waals surface area contributed by atoms with E-state index in [0.29, 0.717) is 47.1 Å². The number of primary amides is 1. The number of carbonyl (C=O) groups is 5. The molecule has 1 aliphatic heterocycles. The van der Waals surface area contributed by atoms with Crippen LogP contribution in [-0.2, 0) is 28.8 Å². The van der Waals surface area contributed by atoms with E-state index < -0.39 is 29.2 Å². The number of halogens is 1.